The molecule has 0 bridgehead atoms. The number of anilines is 1. The zero-order valence-electron chi connectivity index (χ0n) is 11.1. The first kappa shape index (κ1) is 10.8. The Morgan fingerprint density at radius 1 is 1.06 bits per heavy atom. The number of aryl methyl sites for hydroxylation is 1. The molecular formula is C15H21N3. The summed E-state index contributed by atoms with van der Waals surface area (Å²) in [4.78, 5) is 9.80. The van der Waals surface area contributed by atoms with Gasteiger partial charge in [-0.3, -0.25) is 0 Å². The van der Waals surface area contributed by atoms with E-state index in [-0.39, 0.29) is 0 Å². The van der Waals surface area contributed by atoms with Crippen LogP contribution >= 0.6 is 0 Å². The van der Waals surface area contributed by atoms with Crippen LogP contribution in [-0.2, 0) is 12.8 Å². The lowest BCUT2D eigenvalue weighted by atomic mass is 9.96. The fourth-order valence-corrected chi connectivity index (χ4v) is 3.52. The van der Waals surface area contributed by atoms with E-state index in [1.54, 1.807) is 0 Å². The second kappa shape index (κ2) is 3.94. The van der Waals surface area contributed by atoms with Crippen LogP contribution in [0.25, 0.3) is 0 Å². The van der Waals surface area contributed by atoms with Crippen LogP contribution < -0.4 is 5.32 Å². The zero-order valence-corrected chi connectivity index (χ0v) is 11.1. The fraction of sp³-hybridized carbons (Fsp3) is 0.733. The maximum atomic E-state index is 4.93. The highest BCUT2D eigenvalue weighted by atomic mass is 15.0. The highest BCUT2D eigenvalue weighted by molar-refractivity contribution is 5.48. The van der Waals surface area contributed by atoms with Crippen LogP contribution in [0.4, 0.5) is 5.82 Å². The molecule has 1 heterocycles. The largest absolute Gasteiger partial charge is 0.373 e. The summed E-state index contributed by atoms with van der Waals surface area (Å²) in [5.41, 5.74) is 2.71. The van der Waals surface area contributed by atoms with E-state index in [0.29, 0.717) is 5.92 Å². The highest BCUT2D eigenvalue weighted by Crippen LogP contribution is 2.54. The summed E-state index contributed by atoms with van der Waals surface area (Å²) in [7, 11) is 1.99. The molecule has 1 aromatic rings. The van der Waals surface area contributed by atoms with Gasteiger partial charge >= 0.3 is 0 Å². The van der Waals surface area contributed by atoms with Crippen LogP contribution in [0.15, 0.2) is 0 Å². The average molecular weight is 243 g/mol. The molecule has 1 aromatic heterocycles. The molecule has 18 heavy (non-hydrogen) atoms. The van der Waals surface area contributed by atoms with Crippen molar-refractivity contribution in [1.29, 1.82) is 0 Å². The molecule has 1 N–H and O–H groups in total. The van der Waals surface area contributed by atoms with Gasteiger partial charge in [-0.1, -0.05) is 0 Å². The molecule has 0 unspecified atom stereocenters. The van der Waals surface area contributed by atoms with Gasteiger partial charge in [0.1, 0.15) is 11.6 Å². The van der Waals surface area contributed by atoms with Gasteiger partial charge in [-0.05, 0) is 56.8 Å². The number of nitrogens with zero attached hydrogens (tertiary/aromatic N) is 2. The number of hydrogen-bond acceptors (Lipinski definition) is 3. The third-order valence-corrected chi connectivity index (χ3v) is 4.75. The third-order valence-electron chi connectivity index (χ3n) is 4.75. The van der Waals surface area contributed by atoms with Gasteiger partial charge in [-0.2, -0.15) is 0 Å². The van der Waals surface area contributed by atoms with Crippen molar-refractivity contribution in [2.45, 2.75) is 50.9 Å². The van der Waals surface area contributed by atoms with Crippen molar-refractivity contribution < 1.29 is 0 Å². The molecule has 2 saturated carbocycles. The van der Waals surface area contributed by atoms with Gasteiger partial charge in [0.05, 0.1) is 0 Å². The molecule has 0 spiro atoms. The molecule has 0 amide bonds. The first-order valence-electron chi connectivity index (χ1n) is 7.44. The Kier molecular flexibility index (Phi) is 2.36. The molecular weight excluding hydrogens is 222 g/mol. The normalized spacial score (nSPS) is 22.3. The van der Waals surface area contributed by atoms with E-state index < -0.39 is 0 Å². The first-order valence-corrected chi connectivity index (χ1v) is 7.44. The first-order chi connectivity index (χ1) is 8.86. The maximum Gasteiger partial charge on any atom is 0.134 e. The van der Waals surface area contributed by atoms with Crippen molar-refractivity contribution in [2.75, 3.05) is 12.4 Å². The summed E-state index contributed by atoms with van der Waals surface area (Å²) in [6.07, 6.45) is 9.16. The molecule has 0 atom stereocenters. The Bertz CT molecular complexity index is 463. The van der Waals surface area contributed by atoms with Crippen molar-refractivity contribution in [3.8, 4) is 0 Å². The highest BCUT2D eigenvalue weighted by Gasteiger charge is 2.44. The Morgan fingerprint density at radius 3 is 2.39 bits per heavy atom. The standard InChI is InChI=1S/C15H21N3/c1-16-14-11-3-2-4-12(11)17-15(18-14)13(9-5-6-9)10-7-8-10/h9-10,13H,2-8H2,1H3,(H,16,17,18). The smallest absolute Gasteiger partial charge is 0.134 e. The van der Waals surface area contributed by atoms with E-state index in [0.717, 1.165) is 36.3 Å². The van der Waals surface area contributed by atoms with E-state index in [2.05, 4.69) is 5.32 Å². The SMILES string of the molecule is CNc1nc(C(C2CC2)C2CC2)nc2c1CCC2. The van der Waals surface area contributed by atoms with E-state index in [9.17, 15) is 0 Å². The van der Waals surface area contributed by atoms with Crippen LogP contribution in [0, 0.1) is 11.8 Å². The number of hydrogen-bond donors (Lipinski definition) is 1. The van der Waals surface area contributed by atoms with E-state index in [1.807, 2.05) is 7.05 Å². The van der Waals surface area contributed by atoms with Gasteiger partial charge in [0.15, 0.2) is 0 Å². The van der Waals surface area contributed by atoms with Crippen molar-refractivity contribution in [1.82, 2.24) is 9.97 Å². The molecule has 0 aromatic carbocycles. The van der Waals surface area contributed by atoms with Crippen molar-refractivity contribution >= 4 is 5.82 Å². The Balaban J connectivity index is 1.75. The van der Waals surface area contributed by atoms with Crippen LogP contribution in [0.2, 0.25) is 0 Å². The second-order valence-electron chi connectivity index (χ2n) is 6.16. The molecule has 3 aliphatic carbocycles. The van der Waals surface area contributed by atoms with E-state index in [1.165, 1.54) is 43.4 Å². The predicted molar refractivity (Wildman–Crippen MR) is 71.8 cm³/mol. The van der Waals surface area contributed by atoms with Gasteiger partial charge in [0.25, 0.3) is 0 Å². The molecule has 3 heteroatoms. The Morgan fingerprint density at radius 2 is 1.78 bits per heavy atom. The lowest BCUT2D eigenvalue weighted by Gasteiger charge is -2.17. The number of rotatable bonds is 4. The lowest BCUT2D eigenvalue weighted by molar-refractivity contribution is 0.507. The molecule has 3 aliphatic rings. The number of nitrogens with one attached hydrogen (secondary N) is 1. The number of aromatic nitrogens is 2. The van der Waals surface area contributed by atoms with Crippen LogP contribution in [-0.4, -0.2) is 17.0 Å². The molecule has 3 nitrogen and oxygen atoms in total. The predicted octanol–water partition coefficient (Wildman–Crippen LogP) is 2.91. The van der Waals surface area contributed by atoms with Gasteiger partial charge in [-0.15, -0.1) is 0 Å². The van der Waals surface area contributed by atoms with Crippen LogP contribution in [0.3, 0.4) is 0 Å². The molecule has 2 fully saturated rings. The fourth-order valence-electron chi connectivity index (χ4n) is 3.52. The van der Waals surface area contributed by atoms with Gasteiger partial charge < -0.3 is 5.32 Å². The maximum absolute atomic E-state index is 4.93. The summed E-state index contributed by atoms with van der Waals surface area (Å²) in [6.45, 7) is 0. The van der Waals surface area contributed by atoms with Crippen LogP contribution in [0.5, 0.6) is 0 Å². The minimum absolute atomic E-state index is 0.669. The average Bonchev–Trinajstić information content (AvgIpc) is 3.30. The number of fused-ring (bicyclic) bond motifs is 1. The van der Waals surface area contributed by atoms with E-state index >= 15 is 0 Å². The van der Waals surface area contributed by atoms with Crippen molar-refractivity contribution in [3.63, 3.8) is 0 Å². The molecule has 0 saturated heterocycles. The summed E-state index contributed by atoms with van der Waals surface area (Å²) >= 11 is 0. The molecule has 0 aliphatic heterocycles. The molecule has 96 valence electrons. The van der Waals surface area contributed by atoms with Crippen molar-refractivity contribution in [2.24, 2.45) is 11.8 Å². The topological polar surface area (TPSA) is 37.8 Å². The Hall–Kier alpha value is -1.12. The second-order valence-corrected chi connectivity index (χ2v) is 6.16. The minimum atomic E-state index is 0.669. The van der Waals surface area contributed by atoms with Crippen molar-refractivity contribution in [3.05, 3.63) is 17.1 Å². The lowest BCUT2D eigenvalue weighted by Crippen LogP contribution is -2.13. The minimum Gasteiger partial charge on any atom is -0.373 e. The summed E-state index contributed by atoms with van der Waals surface area (Å²) in [6, 6.07) is 0. The van der Waals surface area contributed by atoms with Gasteiger partial charge in [-0.25, -0.2) is 9.97 Å². The summed E-state index contributed by atoms with van der Waals surface area (Å²) in [5, 5.41) is 3.29. The third kappa shape index (κ3) is 1.72. The summed E-state index contributed by atoms with van der Waals surface area (Å²) < 4.78 is 0. The summed E-state index contributed by atoms with van der Waals surface area (Å²) in [5.74, 6) is 4.72. The van der Waals surface area contributed by atoms with Crippen LogP contribution in [0.1, 0.15) is 55.1 Å². The molecule has 4 rings (SSSR count). The van der Waals surface area contributed by atoms with Gasteiger partial charge in [0.2, 0.25) is 0 Å². The zero-order chi connectivity index (χ0) is 12.1. The quantitative estimate of drug-likeness (QED) is 0.883. The van der Waals surface area contributed by atoms with E-state index in [4.69, 9.17) is 9.97 Å². The van der Waals surface area contributed by atoms with Gasteiger partial charge in [0, 0.05) is 24.2 Å². The monoisotopic (exact) mass is 243 g/mol. The Labute approximate surface area is 108 Å². The molecule has 0 radical (unpaired) electrons.